The first-order valence-corrected chi connectivity index (χ1v) is 18.7. The lowest BCUT2D eigenvalue weighted by Gasteiger charge is -2.39. The van der Waals surface area contributed by atoms with Crippen LogP contribution in [-0.2, 0) is 10.8 Å². The Morgan fingerprint density at radius 2 is 0.741 bits per heavy atom. The number of hydrogen-bond donors (Lipinski definition) is 1. The quantitative estimate of drug-likeness (QED) is 0.196. The van der Waals surface area contributed by atoms with Crippen LogP contribution in [0.25, 0.3) is 22.3 Å². The molecular formula is C51H33NO2. The Morgan fingerprint density at radius 3 is 1.33 bits per heavy atom. The molecule has 0 atom stereocenters. The molecule has 0 radical (unpaired) electrons. The molecule has 0 saturated heterocycles. The molecule has 2 spiro atoms. The highest BCUT2D eigenvalue weighted by molar-refractivity contribution is 5.92. The molecule has 8 aromatic carbocycles. The van der Waals surface area contributed by atoms with E-state index in [1.165, 1.54) is 72.3 Å². The van der Waals surface area contributed by atoms with E-state index in [4.69, 9.17) is 9.47 Å². The molecular weight excluding hydrogens is 659 g/mol. The van der Waals surface area contributed by atoms with Crippen LogP contribution in [0.4, 0.5) is 11.4 Å². The van der Waals surface area contributed by atoms with E-state index < -0.39 is 10.8 Å². The summed E-state index contributed by atoms with van der Waals surface area (Å²) in [6.45, 7) is 2.18. The van der Waals surface area contributed by atoms with Crippen molar-refractivity contribution < 1.29 is 9.47 Å². The summed E-state index contributed by atoms with van der Waals surface area (Å²) in [5.74, 6) is 3.61. The highest BCUT2D eigenvalue weighted by atomic mass is 16.5. The third-order valence-corrected chi connectivity index (χ3v) is 12.2. The number of anilines is 2. The Bertz CT molecular complexity index is 2810. The average Bonchev–Trinajstić information content (AvgIpc) is 3.65. The van der Waals surface area contributed by atoms with Crippen molar-refractivity contribution in [3.05, 3.63) is 226 Å². The second-order valence-corrected chi connectivity index (χ2v) is 14.9. The van der Waals surface area contributed by atoms with Gasteiger partial charge in [-0.3, -0.25) is 0 Å². The molecule has 2 heterocycles. The zero-order chi connectivity index (χ0) is 35.6. The fourth-order valence-electron chi connectivity index (χ4n) is 10.2. The van der Waals surface area contributed by atoms with Gasteiger partial charge in [0.05, 0.1) is 10.8 Å². The normalized spacial score (nSPS) is 15.0. The molecule has 0 amide bonds. The topological polar surface area (TPSA) is 30.5 Å². The van der Waals surface area contributed by atoms with Crippen LogP contribution in [0.15, 0.2) is 176 Å². The van der Waals surface area contributed by atoms with E-state index in [1.54, 1.807) is 0 Å². The highest BCUT2D eigenvalue weighted by Crippen LogP contribution is 2.64. The van der Waals surface area contributed by atoms with Crippen LogP contribution in [0.3, 0.4) is 0 Å². The second-order valence-electron chi connectivity index (χ2n) is 14.9. The SMILES string of the molecule is Cc1ccc2c(c1)-c1cc(Nc3ccc4c(c3)C3(c5ccccc5Oc5ccccc53)c3ccccc3-4)ccc1C21c2ccccc2Oc2ccccc21. The monoisotopic (exact) mass is 691 g/mol. The van der Waals surface area contributed by atoms with Gasteiger partial charge < -0.3 is 14.8 Å². The summed E-state index contributed by atoms with van der Waals surface area (Å²) in [7, 11) is 0. The van der Waals surface area contributed by atoms with Gasteiger partial charge in [0.15, 0.2) is 0 Å². The zero-order valence-electron chi connectivity index (χ0n) is 29.6. The van der Waals surface area contributed by atoms with E-state index in [0.717, 1.165) is 34.4 Å². The van der Waals surface area contributed by atoms with Gasteiger partial charge >= 0.3 is 0 Å². The van der Waals surface area contributed by atoms with E-state index in [1.807, 2.05) is 0 Å². The fourth-order valence-corrected chi connectivity index (χ4v) is 10.2. The molecule has 2 aliphatic carbocycles. The van der Waals surface area contributed by atoms with Gasteiger partial charge in [-0.25, -0.2) is 0 Å². The Hall–Kier alpha value is -6.84. The van der Waals surface area contributed by atoms with Gasteiger partial charge in [-0.1, -0.05) is 133 Å². The molecule has 8 aromatic rings. The summed E-state index contributed by atoms with van der Waals surface area (Å²) in [6, 6.07) is 63.8. The van der Waals surface area contributed by atoms with Crippen molar-refractivity contribution in [3.63, 3.8) is 0 Å². The maximum Gasteiger partial charge on any atom is 0.132 e. The first-order valence-electron chi connectivity index (χ1n) is 18.7. The van der Waals surface area contributed by atoms with Crippen LogP contribution in [0.2, 0.25) is 0 Å². The molecule has 0 fully saturated rings. The van der Waals surface area contributed by atoms with E-state index in [-0.39, 0.29) is 0 Å². The van der Waals surface area contributed by atoms with Gasteiger partial charge in [0.1, 0.15) is 23.0 Å². The van der Waals surface area contributed by atoms with Gasteiger partial charge in [0, 0.05) is 33.6 Å². The van der Waals surface area contributed by atoms with Gasteiger partial charge in [-0.15, -0.1) is 0 Å². The van der Waals surface area contributed by atoms with Crippen molar-refractivity contribution in [1.82, 2.24) is 0 Å². The summed E-state index contributed by atoms with van der Waals surface area (Å²) < 4.78 is 13.1. The standard InChI is InChI=1S/C51H33NO2/c1-31-22-26-39-36(28-31)37-29-32(24-27-40(37)50(39)41-14-4-8-18-46(41)53-47-19-9-5-15-42(47)50)52-33-23-25-35-34-12-2-3-13-38(34)51(45(35)30-33)43-16-6-10-20-48(43)54-49-21-11-7-17-44(49)51/h2-30,52H,1H3. The number of nitrogens with one attached hydrogen (secondary N) is 1. The van der Waals surface area contributed by atoms with Gasteiger partial charge in [0.2, 0.25) is 0 Å². The van der Waals surface area contributed by atoms with Crippen molar-refractivity contribution in [2.45, 2.75) is 17.8 Å². The number of hydrogen-bond acceptors (Lipinski definition) is 3. The minimum absolute atomic E-state index is 0.488. The van der Waals surface area contributed by atoms with Crippen molar-refractivity contribution in [1.29, 1.82) is 0 Å². The maximum atomic E-state index is 6.57. The summed E-state index contributed by atoms with van der Waals surface area (Å²) in [6.07, 6.45) is 0. The van der Waals surface area contributed by atoms with Crippen LogP contribution in [0.1, 0.15) is 50.1 Å². The minimum atomic E-state index is -0.514. The first kappa shape index (κ1) is 29.7. The molecule has 54 heavy (non-hydrogen) atoms. The molecule has 0 saturated carbocycles. The van der Waals surface area contributed by atoms with Gasteiger partial charge in [-0.05, 0) is 100.0 Å². The van der Waals surface area contributed by atoms with Crippen LogP contribution in [0, 0.1) is 6.92 Å². The van der Waals surface area contributed by atoms with Gasteiger partial charge in [-0.2, -0.15) is 0 Å². The smallest absolute Gasteiger partial charge is 0.132 e. The Kier molecular flexibility index (Phi) is 5.84. The van der Waals surface area contributed by atoms with Crippen LogP contribution >= 0.6 is 0 Å². The minimum Gasteiger partial charge on any atom is -0.457 e. The molecule has 2 aliphatic heterocycles. The average molecular weight is 692 g/mol. The molecule has 4 aliphatic rings. The summed E-state index contributed by atoms with van der Waals surface area (Å²) >= 11 is 0. The molecule has 0 aromatic heterocycles. The molecule has 254 valence electrons. The van der Waals surface area contributed by atoms with E-state index in [9.17, 15) is 0 Å². The highest BCUT2D eigenvalue weighted by Gasteiger charge is 2.52. The summed E-state index contributed by atoms with van der Waals surface area (Å²) in [5, 5.41) is 3.88. The van der Waals surface area contributed by atoms with Gasteiger partial charge in [0.25, 0.3) is 0 Å². The van der Waals surface area contributed by atoms with E-state index in [2.05, 4.69) is 188 Å². The largest absolute Gasteiger partial charge is 0.457 e. The van der Waals surface area contributed by atoms with Crippen molar-refractivity contribution >= 4 is 11.4 Å². The number of rotatable bonds is 2. The maximum absolute atomic E-state index is 6.57. The Labute approximate surface area is 314 Å². The molecule has 1 N–H and O–H groups in total. The third kappa shape index (κ3) is 3.66. The fraction of sp³-hybridized carbons (Fsp3) is 0.0588. The number of benzene rings is 8. The Balaban J connectivity index is 1.05. The van der Waals surface area contributed by atoms with Crippen LogP contribution in [0.5, 0.6) is 23.0 Å². The van der Waals surface area contributed by atoms with Crippen molar-refractivity contribution in [2.75, 3.05) is 5.32 Å². The van der Waals surface area contributed by atoms with Crippen molar-refractivity contribution in [2.24, 2.45) is 0 Å². The lowest BCUT2D eigenvalue weighted by molar-refractivity contribution is 0.436. The molecule has 0 unspecified atom stereocenters. The zero-order valence-corrected chi connectivity index (χ0v) is 29.6. The lowest BCUT2D eigenvalue weighted by Crippen LogP contribution is -2.32. The number of aryl methyl sites for hydroxylation is 1. The van der Waals surface area contributed by atoms with Crippen LogP contribution < -0.4 is 14.8 Å². The van der Waals surface area contributed by atoms with E-state index >= 15 is 0 Å². The Morgan fingerprint density at radius 1 is 0.333 bits per heavy atom. The summed E-state index contributed by atoms with van der Waals surface area (Å²) in [4.78, 5) is 0. The predicted octanol–water partition coefficient (Wildman–Crippen LogP) is 12.7. The van der Waals surface area contributed by atoms with Crippen LogP contribution in [-0.4, -0.2) is 0 Å². The first-order chi connectivity index (χ1) is 26.7. The predicted molar refractivity (Wildman–Crippen MR) is 216 cm³/mol. The second kappa shape index (κ2) is 10.6. The number of fused-ring (bicyclic) bond motifs is 18. The molecule has 3 nitrogen and oxygen atoms in total. The number of ether oxygens (including phenoxy) is 2. The van der Waals surface area contributed by atoms with Crippen molar-refractivity contribution in [3.8, 4) is 45.3 Å². The molecule has 0 bridgehead atoms. The molecule has 12 rings (SSSR count). The summed E-state index contributed by atoms with van der Waals surface area (Å²) in [5.41, 5.74) is 17.1. The lowest BCUT2D eigenvalue weighted by atomic mass is 9.66. The van der Waals surface area contributed by atoms with E-state index in [0.29, 0.717) is 0 Å². The number of para-hydroxylation sites is 4. The third-order valence-electron chi connectivity index (χ3n) is 12.2. The molecule has 3 heteroatoms.